The van der Waals surface area contributed by atoms with E-state index in [1.54, 1.807) is 14.0 Å². The lowest BCUT2D eigenvalue weighted by molar-refractivity contribution is -0.126. The Hall–Kier alpha value is -2.48. The van der Waals surface area contributed by atoms with Gasteiger partial charge in [0.2, 0.25) is 16.9 Å². The summed E-state index contributed by atoms with van der Waals surface area (Å²) in [6.45, 7) is 5.54. The molecule has 8 heteroatoms. The summed E-state index contributed by atoms with van der Waals surface area (Å²) in [5, 5.41) is 14.5. The predicted molar refractivity (Wildman–Crippen MR) is 97.6 cm³/mol. The minimum Gasteiger partial charge on any atom is -0.497 e. The molecule has 25 heavy (non-hydrogen) atoms. The van der Waals surface area contributed by atoms with Crippen molar-refractivity contribution >= 4 is 28.3 Å². The van der Waals surface area contributed by atoms with Crippen molar-refractivity contribution in [2.24, 2.45) is 5.92 Å². The Morgan fingerprint density at radius 3 is 2.44 bits per heavy atom. The van der Waals surface area contributed by atoms with E-state index < -0.39 is 6.04 Å². The Morgan fingerprint density at radius 2 is 1.84 bits per heavy atom. The summed E-state index contributed by atoms with van der Waals surface area (Å²) in [5.74, 6) is 0.529. The molecule has 1 aromatic carbocycles. The van der Waals surface area contributed by atoms with Crippen LogP contribution in [0.25, 0.3) is 10.6 Å². The molecule has 134 valence electrons. The average molecular weight is 362 g/mol. The van der Waals surface area contributed by atoms with Crippen molar-refractivity contribution in [3.05, 3.63) is 24.3 Å². The minimum absolute atomic E-state index is 0.145. The largest absolute Gasteiger partial charge is 0.497 e. The van der Waals surface area contributed by atoms with Crippen molar-refractivity contribution in [3.8, 4) is 16.3 Å². The Bertz CT molecular complexity index is 728. The lowest BCUT2D eigenvalue weighted by Crippen LogP contribution is -2.41. The van der Waals surface area contributed by atoms with Crippen LogP contribution in [0.1, 0.15) is 27.2 Å². The number of methoxy groups -OCH3 is 1. The lowest BCUT2D eigenvalue weighted by atomic mass is 10.1. The molecule has 0 aliphatic carbocycles. The molecule has 0 spiro atoms. The van der Waals surface area contributed by atoms with E-state index >= 15 is 0 Å². The van der Waals surface area contributed by atoms with Gasteiger partial charge in [0.1, 0.15) is 16.8 Å². The van der Waals surface area contributed by atoms with E-state index in [0.717, 1.165) is 11.3 Å². The van der Waals surface area contributed by atoms with Gasteiger partial charge in [-0.3, -0.25) is 14.9 Å². The van der Waals surface area contributed by atoms with Gasteiger partial charge in [0.15, 0.2) is 0 Å². The fourth-order valence-corrected chi connectivity index (χ4v) is 2.83. The van der Waals surface area contributed by atoms with Crippen molar-refractivity contribution in [1.82, 2.24) is 15.5 Å². The molecule has 0 aliphatic heterocycles. The maximum absolute atomic E-state index is 12.2. The highest BCUT2D eigenvalue weighted by atomic mass is 32.1. The first-order valence-corrected chi connectivity index (χ1v) is 8.79. The van der Waals surface area contributed by atoms with E-state index in [1.165, 1.54) is 11.3 Å². The molecule has 1 aromatic heterocycles. The van der Waals surface area contributed by atoms with Crippen LogP contribution in [0.2, 0.25) is 0 Å². The summed E-state index contributed by atoms with van der Waals surface area (Å²) in [6.07, 6.45) is 0.387. The first-order chi connectivity index (χ1) is 11.9. The molecule has 0 bridgehead atoms. The number of carbonyl (C=O) groups is 2. The van der Waals surface area contributed by atoms with Crippen molar-refractivity contribution in [2.75, 3.05) is 12.4 Å². The van der Waals surface area contributed by atoms with Crippen LogP contribution in [0.15, 0.2) is 24.3 Å². The fourth-order valence-electron chi connectivity index (χ4n) is 2.07. The van der Waals surface area contributed by atoms with Crippen LogP contribution in [0, 0.1) is 5.92 Å². The van der Waals surface area contributed by atoms with Gasteiger partial charge < -0.3 is 10.1 Å². The van der Waals surface area contributed by atoms with Crippen LogP contribution in [-0.4, -0.2) is 35.2 Å². The van der Waals surface area contributed by atoms with Crippen molar-refractivity contribution in [1.29, 1.82) is 0 Å². The smallest absolute Gasteiger partial charge is 0.248 e. The number of benzene rings is 1. The number of nitrogens with zero attached hydrogens (tertiary/aromatic N) is 2. The Morgan fingerprint density at radius 1 is 1.16 bits per heavy atom. The second-order valence-electron chi connectivity index (χ2n) is 6.02. The molecular weight excluding hydrogens is 340 g/mol. The van der Waals surface area contributed by atoms with Gasteiger partial charge in [-0.25, -0.2) is 0 Å². The number of ether oxygens (including phenoxy) is 1. The third-order valence-electron chi connectivity index (χ3n) is 3.36. The number of aromatic nitrogens is 2. The molecule has 1 atom stereocenters. The number of amides is 2. The second-order valence-corrected chi connectivity index (χ2v) is 6.99. The third-order valence-corrected chi connectivity index (χ3v) is 4.24. The van der Waals surface area contributed by atoms with E-state index in [4.69, 9.17) is 4.74 Å². The zero-order chi connectivity index (χ0) is 18.4. The highest BCUT2D eigenvalue weighted by Crippen LogP contribution is 2.27. The van der Waals surface area contributed by atoms with Crippen molar-refractivity contribution < 1.29 is 14.3 Å². The van der Waals surface area contributed by atoms with Gasteiger partial charge in [0.05, 0.1) is 7.11 Å². The average Bonchev–Trinajstić information content (AvgIpc) is 3.02. The van der Waals surface area contributed by atoms with E-state index in [9.17, 15) is 9.59 Å². The number of carbonyl (C=O) groups excluding carboxylic acids is 2. The predicted octanol–water partition coefficient (Wildman–Crippen LogP) is 2.70. The van der Waals surface area contributed by atoms with Gasteiger partial charge >= 0.3 is 0 Å². The summed E-state index contributed by atoms with van der Waals surface area (Å²) < 4.78 is 5.12. The first-order valence-electron chi connectivity index (χ1n) is 7.97. The zero-order valence-corrected chi connectivity index (χ0v) is 15.5. The number of hydrogen-bond donors (Lipinski definition) is 2. The summed E-state index contributed by atoms with van der Waals surface area (Å²) >= 11 is 1.27. The Balaban J connectivity index is 1.95. The molecule has 1 heterocycles. The number of hydrogen-bond acceptors (Lipinski definition) is 6. The van der Waals surface area contributed by atoms with Gasteiger partial charge in [0.25, 0.3) is 0 Å². The Kier molecular flexibility index (Phi) is 6.46. The van der Waals surface area contributed by atoms with Gasteiger partial charge in [-0.05, 0) is 37.1 Å². The number of nitrogens with one attached hydrogen (secondary N) is 2. The van der Waals surface area contributed by atoms with Crippen molar-refractivity contribution in [2.45, 2.75) is 33.2 Å². The lowest BCUT2D eigenvalue weighted by Gasteiger charge is -2.13. The molecule has 0 saturated heterocycles. The van der Waals surface area contributed by atoms with Crippen LogP contribution < -0.4 is 15.4 Å². The molecule has 1 unspecified atom stereocenters. The zero-order valence-electron chi connectivity index (χ0n) is 14.7. The molecule has 2 aromatic rings. The molecule has 0 radical (unpaired) electrons. The van der Waals surface area contributed by atoms with E-state index in [-0.39, 0.29) is 17.7 Å². The monoisotopic (exact) mass is 362 g/mol. The van der Waals surface area contributed by atoms with Crippen molar-refractivity contribution in [3.63, 3.8) is 0 Å². The quantitative estimate of drug-likeness (QED) is 0.790. The van der Waals surface area contributed by atoms with Gasteiger partial charge in [-0.15, -0.1) is 10.2 Å². The molecule has 0 saturated carbocycles. The van der Waals surface area contributed by atoms with Gasteiger partial charge in [-0.2, -0.15) is 0 Å². The standard InChI is InChI=1S/C17H22N4O3S/c1-10(2)9-14(22)18-11(3)15(23)19-17-21-20-16(25-17)12-5-7-13(24-4)8-6-12/h5-8,10-11H,9H2,1-4H3,(H,18,22)(H,19,21,23). The highest BCUT2D eigenvalue weighted by Gasteiger charge is 2.18. The third kappa shape index (κ3) is 5.53. The SMILES string of the molecule is COc1ccc(-c2nnc(NC(=O)C(C)NC(=O)CC(C)C)s2)cc1. The highest BCUT2D eigenvalue weighted by molar-refractivity contribution is 7.18. The normalized spacial score (nSPS) is 11.9. The maximum Gasteiger partial charge on any atom is 0.248 e. The molecule has 7 nitrogen and oxygen atoms in total. The maximum atomic E-state index is 12.2. The summed E-state index contributed by atoms with van der Waals surface area (Å²) in [7, 11) is 1.61. The number of anilines is 1. The van der Waals surface area contributed by atoms with E-state index in [0.29, 0.717) is 16.6 Å². The summed E-state index contributed by atoms with van der Waals surface area (Å²) in [6, 6.07) is 6.78. The first kappa shape index (κ1) is 18.9. The van der Waals surface area contributed by atoms with Crippen LogP contribution in [0.3, 0.4) is 0 Å². The molecular formula is C17H22N4O3S. The molecule has 0 fully saturated rings. The van der Waals surface area contributed by atoms with Gasteiger partial charge in [-0.1, -0.05) is 25.2 Å². The van der Waals surface area contributed by atoms with E-state index in [2.05, 4.69) is 20.8 Å². The topological polar surface area (TPSA) is 93.2 Å². The summed E-state index contributed by atoms with van der Waals surface area (Å²) in [4.78, 5) is 23.9. The van der Waals surface area contributed by atoms with Crippen LogP contribution >= 0.6 is 11.3 Å². The Labute approximate surface area is 150 Å². The minimum atomic E-state index is -0.639. The number of rotatable bonds is 7. The van der Waals surface area contributed by atoms with Crippen LogP contribution in [0.5, 0.6) is 5.75 Å². The summed E-state index contributed by atoms with van der Waals surface area (Å²) in [5.41, 5.74) is 0.886. The van der Waals surface area contributed by atoms with E-state index in [1.807, 2.05) is 38.1 Å². The fraction of sp³-hybridized carbons (Fsp3) is 0.412. The van der Waals surface area contributed by atoms with Crippen LogP contribution in [0.4, 0.5) is 5.13 Å². The molecule has 2 N–H and O–H groups in total. The second kappa shape index (κ2) is 8.57. The van der Waals surface area contributed by atoms with Gasteiger partial charge in [0, 0.05) is 12.0 Å². The molecule has 0 aliphatic rings. The molecule has 2 rings (SSSR count). The molecule has 2 amide bonds. The van der Waals surface area contributed by atoms with Crippen LogP contribution in [-0.2, 0) is 9.59 Å².